The topological polar surface area (TPSA) is 97.1 Å². The van der Waals surface area contributed by atoms with E-state index in [-0.39, 0.29) is 11.8 Å². The van der Waals surface area contributed by atoms with Crippen molar-refractivity contribution in [3.8, 4) is 0 Å². The van der Waals surface area contributed by atoms with Gasteiger partial charge in [-0.3, -0.25) is 14.6 Å². The third-order valence-corrected chi connectivity index (χ3v) is 3.04. The number of nitrogens with zero attached hydrogens (tertiary/aromatic N) is 1. The van der Waals surface area contributed by atoms with Crippen molar-refractivity contribution in [1.82, 2.24) is 15.6 Å². The van der Waals surface area contributed by atoms with Crippen molar-refractivity contribution >= 4 is 11.8 Å². The molecule has 0 unspecified atom stereocenters. The summed E-state index contributed by atoms with van der Waals surface area (Å²) in [6, 6.07) is 10.4. The summed E-state index contributed by atoms with van der Waals surface area (Å²) in [7, 11) is 0. The molecule has 6 heteroatoms. The molecule has 0 aliphatic carbocycles. The number of carbonyl (C=O) groups excluding carboxylic acids is 2. The molecular formula is C16H18N4O2. The maximum absolute atomic E-state index is 11.9. The number of aromatic nitrogens is 1. The second-order valence-electron chi connectivity index (χ2n) is 4.66. The van der Waals surface area contributed by atoms with Crippen LogP contribution in [0.1, 0.15) is 26.3 Å². The zero-order chi connectivity index (χ0) is 15.8. The molecule has 2 amide bonds. The Hall–Kier alpha value is -2.73. The van der Waals surface area contributed by atoms with Gasteiger partial charge in [-0.1, -0.05) is 12.1 Å². The first-order valence-electron chi connectivity index (χ1n) is 6.96. The third-order valence-electron chi connectivity index (χ3n) is 3.04. The van der Waals surface area contributed by atoms with Crippen LogP contribution in [0.4, 0.5) is 0 Å². The standard InChI is InChI=1S/C16H18N4O2/c17-7-10-19-15(21)13-3-1-12(2-4-13)11-20-16(22)14-5-8-18-9-6-14/h1-6,8-9H,7,10-11,17H2,(H,19,21)(H,20,22). The first-order chi connectivity index (χ1) is 10.7. The fraction of sp³-hybridized carbons (Fsp3) is 0.188. The Morgan fingerprint density at radius 2 is 1.50 bits per heavy atom. The molecule has 6 nitrogen and oxygen atoms in total. The molecule has 0 aliphatic heterocycles. The Balaban J connectivity index is 1.89. The largest absolute Gasteiger partial charge is 0.351 e. The van der Waals surface area contributed by atoms with Crippen LogP contribution in [-0.4, -0.2) is 29.9 Å². The van der Waals surface area contributed by atoms with E-state index in [2.05, 4.69) is 15.6 Å². The number of nitrogens with two attached hydrogens (primary N) is 1. The smallest absolute Gasteiger partial charge is 0.251 e. The molecule has 0 fully saturated rings. The van der Waals surface area contributed by atoms with Crippen LogP contribution in [0.2, 0.25) is 0 Å². The van der Waals surface area contributed by atoms with E-state index >= 15 is 0 Å². The van der Waals surface area contributed by atoms with Crippen LogP contribution in [-0.2, 0) is 6.54 Å². The van der Waals surface area contributed by atoms with Crippen molar-refractivity contribution in [2.24, 2.45) is 5.73 Å². The number of nitrogens with one attached hydrogen (secondary N) is 2. The zero-order valence-electron chi connectivity index (χ0n) is 12.1. The molecule has 0 spiro atoms. The van der Waals surface area contributed by atoms with Gasteiger partial charge in [-0.25, -0.2) is 0 Å². The number of benzene rings is 1. The minimum absolute atomic E-state index is 0.155. The molecule has 1 aromatic carbocycles. The number of hydrogen-bond acceptors (Lipinski definition) is 4. The van der Waals surface area contributed by atoms with Gasteiger partial charge in [-0.15, -0.1) is 0 Å². The van der Waals surface area contributed by atoms with Crippen LogP contribution < -0.4 is 16.4 Å². The summed E-state index contributed by atoms with van der Waals surface area (Å²) in [4.78, 5) is 27.5. The van der Waals surface area contributed by atoms with Crippen molar-refractivity contribution in [2.45, 2.75) is 6.54 Å². The summed E-state index contributed by atoms with van der Waals surface area (Å²) in [5.74, 6) is -0.315. The summed E-state index contributed by atoms with van der Waals surface area (Å²) >= 11 is 0. The Morgan fingerprint density at radius 1 is 0.909 bits per heavy atom. The van der Waals surface area contributed by atoms with Crippen LogP contribution in [0, 0.1) is 0 Å². The number of hydrogen-bond donors (Lipinski definition) is 3. The molecule has 0 aliphatic rings. The normalized spacial score (nSPS) is 10.0. The molecule has 0 saturated heterocycles. The van der Waals surface area contributed by atoms with Gasteiger partial charge < -0.3 is 16.4 Å². The van der Waals surface area contributed by atoms with Crippen molar-refractivity contribution in [1.29, 1.82) is 0 Å². The summed E-state index contributed by atoms with van der Waals surface area (Å²) in [6.45, 7) is 1.25. The summed E-state index contributed by atoms with van der Waals surface area (Å²) < 4.78 is 0. The van der Waals surface area contributed by atoms with Crippen LogP contribution in [0.5, 0.6) is 0 Å². The molecule has 0 saturated carbocycles. The minimum Gasteiger partial charge on any atom is -0.351 e. The number of rotatable bonds is 6. The highest BCUT2D eigenvalue weighted by atomic mass is 16.2. The first-order valence-corrected chi connectivity index (χ1v) is 6.96. The minimum atomic E-state index is -0.160. The van der Waals surface area contributed by atoms with Crippen molar-refractivity contribution in [2.75, 3.05) is 13.1 Å². The van der Waals surface area contributed by atoms with Gasteiger partial charge in [0.05, 0.1) is 0 Å². The lowest BCUT2D eigenvalue weighted by molar-refractivity contribution is 0.0943. The molecule has 22 heavy (non-hydrogen) atoms. The van der Waals surface area contributed by atoms with Crippen LogP contribution in [0.25, 0.3) is 0 Å². The van der Waals surface area contributed by atoms with E-state index in [1.54, 1.807) is 36.7 Å². The second kappa shape index (κ2) is 7.90. The quantitative estimate of drug-likeness (QED) is 0.731. The average Bonchev–Trinajstić information content (AvgIpc) is 2.58. The highest BCUT2D eigenvalue weighted by Gasteiger charge is 2.06. The van der Waals surface area contributed by atoms with Crippen LogP contribution in [0.15, 0.2) is 48.8 Å². The van der Waals surface area contributed by atoms with E-state index in [0.717, 1.165) is 5.56 Å². The maximum Gasteiger partial charge on any atom is 0.251 e. The second-order valence-corrected chi connectivity index (χ2v) is 4.66. The molecule has 2 aromatic rings. The van der Waals surface area contributed by atoms with E-state index < -0.39 is 0 Å². The van der Waals surface area contributed by atoms with E-state index in [9.17, 15) is 9.59 Å². The lowest BCUT2D eigenvalue weighted by atomic mass is 10.1. The molecule has 0 bridgehead atoms. The molecule has 1 aromatic heterocycles. The van der Waals surface area contributed by atoms with Crippen LogP contribution >= 0.6 is 0 Å². The summed E-state index contributed by atoms with van der Waals surface area (Å²) in [5, 5.41) is 5.51. The molecule has 2 rings (SSSR count). The highest BCUT2D eigenvalue weighted by molar-refractivity contribution is 5.94. The molecular weight excluding hydrogens is 280 g/mol. The SMILES string of the molecule is NCCNC(=O)c1ccc(CNC(=O)c2ccncc2)cc1. The fourth-order valence-electron chi connectivity index (χ4n) is 1.85. The highest BCUT2D eigenvalue weighted by Crippen LogP contribution is 2.05. The fourth-order valence-corrected chi connectivity index (χ4v) is 1.85. The molecule has 4 N–H and O–H groups in total. The Morgan fingerprint density at radius 3 is 2.14 bits per heavy atom. The van der Waals surface area contributed by atoms with Gasteiger partial charge in [0.2, 0.25) is 0 Å². The first kappa shape index (κ1) is 15.7. The zero-order valence-corrected chi connectivity index (χ0v) is 12.1. The molecule has 0 atom stereocenters. The Bertz CT molecular complexity index is 626. The lowest BCUT2D eigenvalue weighted by Crippen LogP contribution is -2.29. The van der Waals surface area contributed by atoms with Gasteiger partial charge >= 0.3 is 0 Å². The molecule has 1 heterocycles. The third kappa shape index (κ3) is 4.39. The summed E-state index contributed by atoms with van der Waals surface area (Å²) in [6.07, 6.45) is 3.15. The summed E-state index contributed by atoms with van der Waals surface area (Å²) in [5.41, 5.74) is 7.38. The lowest BCUT2D eigenvalue weighted by Gasteiger charge is -2.07. The van der Waals surface area contributed by atoms with Gasteiger partial charge in [0, 0.05) is 43.2 Å². The van der Waals surface area contributed by atoms with Crippen molar-refractivity contribution < 1.29 is 9.59 Å². The Kier molecular flexibility index (Phi) is 5.62. The van der Waals surface area contributed by atoms with Gasteiger partial charge in [0.1, 0.15) is 0 Å². The van der Waals surface area contributed by atoms with E-state index in [4.69, 9.17) is 5.73 Å². The Labute approximate surface area is 128 Å². The molecule has 114 valence electrons. The number of pyridine rings is 1. The number of amides is 2. The van der Waals surface area contributed by atoms with Gasteiger partial charge in [-0.05, 0) is 29.8 Å². The average molecular weight is 298 g/mol. The monoisotopic (exact) mass is 298 g/mol. The van der Waals surface area contributed by atoms with Crippen LogP contribution in [0.3, 0.4) is 0 Å². The van der Waals surface area contributed by atoms with Gasteiger partial charge in [0.25, 0.3) is 11.8 Å². The molecule has 0 radical (unpaired) electrons. The van der Waals surface area contributed by atoms with Crippen molar-refractivity contribution in [3.05, 3.63) is 65.5 Å². The predicted octanol–water partition coefficient (Wildman–Crippen LogP) is 0.700. The van der Waals surface area contributed by atoms with E-state index in [0.29, 0.717) is 30.8 Å². The van der Waals surface area contributed by atoms with E-state index in [1.807, 2.05) is 12.1 Å². The van der Waals surface area contributed by atoms with Crippen molar-refractivity contribution in [3.63, 3.8) is 0 Å². The maximum atomic E-state index is 11.9. The van der Waals surface area contributed by atoms with Gasteiger partial charge in [0.15, 0.2) is 0 Å². The number of carbonyl (C=O) groups is 2. The van der Waals surface area contributed by atoms with Gasteiger partial charge in [-0.2, -0.15) is 0 Å². The van der Waals surface area contributed by atoms with E-state index in [1.165, 1.54) is 0 Å². The predicted molar refractivity (Wildman–Crippen MR) is 83.2 cm³/mol.